The highest BCUT2D eigenvalue weighted by atomic mass is 32.2. The van der Waals surface area contributed by atoms with Crippen LogP contribution in [0.4, 0.5) is 0 Å². The zero-order valence-corrected chi connectivity index (χ0v) is 18.9. The molecule has 0 aliphatic carbocycles. The molecule has 3 atom stereocenters. The van der Waals surface area contributed by atoms with Crippen LogP contribution in [0.25, 0.3) is 0 Å². The number of amides is 1. The Morgan fingerprint density at radius 3 is 2.39 bits per heavy atom. The molecule has 2 heterocycles. The molecule has 0 spiro atoms. The van der Waals surface area contributed by atoms with Crippen molar-refractivity contribution in [1.82, 2.24) is 13.5 Å². The molecule has 7 N–H and O–H groups in total. The SMILES string of the molecule is CCCN(C1CN(C(=O)[C@H](C)N)C1)S(=O)(=O)N1C[C@H](CCCB(O)O)[C@](N)(C(=O)O)C1. The fraction of sp³-hybridized carbons (Fsp3) is 0.882. The van der Waals surface area contributed by atoms with Crippen molar-refractivity contribution in [2.24, 2.45) is 17.4 Å². The van der Waals surface area contributed by atoms with Gasteiger partial charge in [-0.25, -0.2) is 0 Å². The lowest BCUT2D eigenvalue weighted by molar-refractivity contribution is -0.144. The van der Waals surface area contributed by atoms with Crippen LogP contribution >= 0.6 is 0 Å². The molecule has 0 saturated carbocycles. The fourth-order valence-electron chi connectivity index (χ4n) is 4.17. The molecule has 178 valence electrons. The Morgan fingerprint density at radius 2 is 1.90 bits per heavy atom. The van der Waals surface area contributed by atoms with Crippen LogP contribution < -0.4 is 11.5 Å². The maximum atomic E-state index is 13.4. The Balaban J connectivity index is 2.16. The summed E-state index contributed by atoms with van der Waals surface area (Å²) in [5, 5.41) is 27.7. The van der Waals surface area contributed by atoms with Gasteiger partial charge in [0.2, 0.25) is 5.91 Å². The molecule has 0 aromatic rings. The molecule has 2 aliphatic heterocycles. The fourth-order valence-corrected chi connectivity index (χ4v) is 6.13. The summed E-state index contributed by atoms with van der Waals surface area (Å²) in [5.41, 5.74) is 9.98. The Bertz CT molecular complexity index is 762. The van der Waals surface area contributed by atoms with Crippen molar-refractivity contribution in [3.05, 3.63) is 0 Å². The summed E-state index contributed by atoms with van der Waals surface area (Å²) in [6.07, 6.45) is 1.15. The molecule has 2 rings (SSSR count). The second-order valence-electron chi connectivity index (χ2n) is 8.55. The Labute approximate surface area is 183 Å². The van der Waals surface area contributed by atoms with E-state index in [9.17, 15) is 23.1 Å². The standard InChI is InChI=1S/C17H34BN5O7S/c1-3-7-23(14-9-21(10-14)15(24)12(2)19)31(29,30)22-8-13(5-4-6-18(27)28)17(20,11-22)16(25)26/h12-14,27-28H,3-11,19-20H2,1-2H3,(H,25,26)/t12-,13-,17-/m0/s1. The van der Waals surface area contributed by atoms with E-state index in [-0.39, 0.29) is 51.4 Å². The quantitative estimate of drug-likeness (QED) is 0.206. The highest BCUT2D eigenvalue weighted by molar-refractivity contribution is 7.86. The van der Waals surface area contributed by atoms with E-state index >= 15 is 0 Å². The molecule has 14 heteroatoms. The highest BCUT2D eigenvalue weighted by Crippen LogP contribution is 2.34. The number of nitrogens with two attached hydrogens (primary N) is 2. The Kier molecular flexibility index (Phi) is 8.47. The molecule has 12 nitrogen and oxygen atoms in total. The molecule has 2 aliphatic rings. The van der Waals surface area contributed by atoms with Crippen LogP contribution in [0.2, 0.25) is 6.32 Å². The largest absolute Gasteiger partial charge is 0.480 e. The number of rotatable bonds is 11. The second-order valence-corrected chi connectivity index (χ2v) is 10.4. The number of hydrogen-bond acceptors (Lipinski definition) is 8. The summed E-state index contributed by atoms with van der Waals surface area (Å²) in [4.78, 5) is 25.4. The van der Waals surface area contributed by atoms with Gasteiger partial charge in [-0.1, -0.05) is 13.3 Å². The van der Waals surface area contributed by atoms with Crippen molar-refractivity contribution >= 4 is 29.2 Å². The summed E-state index contributed by atoms with van der Waals surface area (Å²) >= 11 is 0. The van der Waals surface area contributed by atoms with E-state index in [4.69, 9.17) is 21.5 Å². The van der Waals surface area contributed by atoms with Gasteiger partial charge in [-0.05, 0) is 26.1 Å². The predicted molar refractivity (Wildman–Crippen MR) is 114 cm³/mol. The number of hydrogen-bond donors (Lipinski definition) is 5. The van der Waals surface area contributed by atoms with Crippen LogP contribution in [-0.2, 0) is 19.8 Å². The van der Waals surface area contributed by atoms with Crippen molar-refractivity contribution < 1.29 is 33.2 Å². The van der Waals surface area contributed by atoms with Gasteiger partial charge >= 0.3 is 13.1 Å². The maximum absolute atomic E-state index is 13.4. The first-order valence-electron chi connectivity index (χ1n) is 10.5. The van der Waals surface area contributed by atoms with Crippen LogP contribution in [0.5, 0.6) is 0 Å². The lowest BCUT2D eigenvalue weighted by Gasteiger charge is -2.46. The van der Waals surface area contributed by atoms with Crippen LogP contribution in [0.15, 0.2) is 0 Å². The second kappa shape index (κ2) is 10.1. The van der Waals surface area contributed by atoms with Gasteiger partial charge in [-0.2, -0.15) is 17.0 Å². The summed E-state index contributed by atoms with van der Waals surface area (Å²) in [5.74, 6) is -2.21. The number of carboxylic acid groups (broad SMARTS) is 1. The van der Waals surface area contributed by atoms with E-state index in [0.29, 0.717) is 12.8 Å². The van der Waals surface area contributed by atoms with Gasteiger partial charge in [-0.15, -0.1) is 0 Å². The first-order chi connectivity index (χ1) is 14.3. The third kappa shape index (κ3) is 5.56. The van der Waals surface area contributed by atoms with Gasteiger partial charge in [0.05, 0.1) is 12.1 Å². The van der Waals surface area contributed by atoms with Gasteiger partial charge < -0.3 is 31.5 Å². The molecule has 0 aromatic heterocycles. The first-order valence-corrected chi connectivity index (χ1v) is 11.9. The monoisotopic (exact) mass is 463 g/mol. The third-order valence-corrected chi connectivity index (χ3v) is 8.05. The normalized spacial score (nSPS) is 26.2. The zero-order valence-electron chi connectivity index (χ0n) is 18.1. The average molecular weight is 463 g/mol. The zero-order chi connectivity index (χ0) is 23.6. The lowest BCUT2D eigenvalue weighted by Crippen LogP contribution is -2.65. The summed E-state index contributed by atoms with van der Waals surface area (Å²) in [7, 11) is -5.53. The number of aliphatic carboxylic acids is 1. The number of nitrogens with zero attached hydrogens (tertiary/aromatic N) is 3. The third-order valence-electron chi connectivity index (χ3n) is 6.04. The van der Waals surface area contributed by atoms with E-state index in [1.165, 1.54) is 9.21 Å². The predicted octanol–water partition coefficient (Wildman–Crippen LogP) is -2.53. The highest BCUT2D eigenvalue weighted by Gasteiger charge is 2.54. The van der Waals surface area contributed by atoms with Crippen molar-refractivity contribution in [3.8, 4) is 0 Å². The van der Waals surface area contributed by atoms with Gasteiger partial charge in [0.15, 0.2) is 0 Å². The molecular formula is C17H34BN5O7S. The van der Waals surface area contributed by atoms with Crippen molar-refractivity contribution in [1.29, 1.82) is 0 Å². The molecule has 31 heavy (non-hydrogen) atoms. The van der Waals surface area contributed by atoms with E-state index in [0.717, 1.165) is 4.31 Å². The van der Waals surface area contributed by atoms with Crippen LogP contribution in [0.3, 0.4) is 0 Å². The molecule has 2 fully saturated rings. The van der Waals surface area contributed by atoms with Gasteiger partial charge in [0.1, 0.15) is 5.54 Å². The molecule has 0 bridgehead atoms. The Hall–Kier alpha value is -1.29. The molecule has 0 radical (unpaired) electrons. The van der Waals surface area contributed by atoms with Crippen LogP contribution in [0.1, 0.15) is 33.1 Å². The topological polar surface area (TPSA) is 191 Å². The summed E-state index contributed by atoms with van der Waals surface area (Å²) in [6.45, 7) is 3.67. The molecule has 2 saturated heterocycles. The smallest absolute Gasteiger partial charge is 0.451 e. The van der Waals surface area contributed by atoms with E-state index in [2.05, 4.69) is 0 Å². The number of carbonyl (C=O) groups excluding carboxylic acids is 1. The van der Waals surface area contributed by atoms with Gasteiger partial charge in [0.25, 0.3) is 10.2 Å². The number of carboxylic acids is 1. The van der Waals surface area contributed by atoms with E-state index in [1.54, 1.807) is 6.92 Å². The average Bonchev–Trinajstić information content (AvgIpc) is 2.98. The molecule has 1 amide bonds. The first kappa shape index (κ1) is 26.0. The van der Waals surface area contributed by atoms with Crippen molar-refractivity contribution in [2.45, 2.75) is 57.1 Å². The number of carbonyl (C=O) groups is 2. The van der Waals surface area contributed by atoms with E-state index in [1.807, 2.05) is 6.92 Å². The minimum absolute atomic E-state index is 0.0480. The minimum Gasteiger partial charge on any atom is -0.480 e. The molecular weight excluding hydrogens is 429 g/mol. The molecule has 0 aromatic carbocycles. The maximum Gasteiger partial charge on any atom is 0.451 e. The summed E-state index contributed by atoms with van der Waals surface area (Å²) < 4.78 is 29.2. The Morgan fingerprint density at radius 1 is 1.29 bits per heavy atom. The van der Waals surface area contributed by atoms with Gasteiger partial charge in [-0.3, -0.25) is 9.59 Å². The van der Waals surface area contributed by atoms with Crippen molar-refractivity contribution in [2.75, 3.05) is 32.7 Å². The van der Waals surface area contributed by atoms with E-state index < -0.39 is 46.8 Å². The molecule has 0 unspecified atom stereocenters. The lowest BCUT2D eigenvalue weighted by atomic mass is 9.78. The van der Waals surface area contributed by atoms with Crippen LogP contribution in [-0.4, -0.2) is 106 Å². The minimum atomic E-state index is -4.02. The van der Waals surface area contributed by atoms with Gasteiger partial charge in [0, 0.05) is 38.6 Å². The summed E-state index contributed by atoms with van der Waals surface area (Å²) in [6, 6.07) is -1.07. The number of likely N-dealkylation sites (tertiary alicyclic amines) is 1. The van der Waals surface area contributed by atoms with Crippen molar-refractivity contribution in [3.63, 3.8) is 0 Å². The van der Waals surface area contributed by atoms with Crippen LogP contribution in [0, 0.1) is 5.92 Å².